The van der Waals surface area contributed by atoms with Gasteiger partial charge in [0, 0.05) is 51.9 Å². The summed E-state index contributed by atoms with van der Waals surface area (Å²) in [4.78, 5) is 4.99. The van der Waals surface area contributed by atoms with Crippen molar-refractivity contribution >= 4 is 0 Å². The monoisotopic (exact) mass is 200 g/mol. The molecular weight excluding hydrogens is 176 g/mol. The van der Waals surface area contributed by atoms with Gasteiger partial charge in [0.15, 0.2) is 0 Å². The Kier molecular flexibility index (Phi) is 5.40. The van der Waals surface area contributed by atoms with Gasteiger partial charge in [0.1, 0.15) is 0 Å². The molecule has 3 N–H and O–H groups in total. The standard InChI is InChI=1S/C10H24N4/c1-10(9-12-2)14-7-5-13(4-3-11)6-8-14/h10,12H,3-9,11H2,1-2H3. The van der Waals surface area contributed by atoms with E-state index in [0.29, 0.717) is 6.04 Å². The summed E-state index contributed by atoms with van der Waals surface area (Å²) in [5, 5.41) is 3.23. The highest BCUT2D eigenvalue weighted by Crippen LogP contribution is 2.04. The lowest BCUT2D eigenvalue weighted by molar-refractivity contribution is 0.104. The van der Waals surface area contributed by atoms with Gasteiger partial charge in [0.25, 0.3) is 0 Å². The number of rotatable bonds is 5. The Hall–Kier alpha value is -0.160. The third-order valence-electron chi connectivity index (χ3n) is 2.98. The van der Waals surface area contributed by atoms with Crippen LogP contribution in [0.15, 0.2) is 0 Å². The molecule has 0 radical (unpaired) electrons. The van der Waals surface area contributed by atoms with Crippen LogP contribution >= 0.6 is 0 Å². The molecular formula is C10H24N4. The molecule has 0 aromatic heterocycles. The fraction of sp³-hybridized carbons (Fsp3) is 1.00. The predicted octanol–water partition coefficient (Wildman–Crippen LogP) is -0.829. The second-order valence-electron chi connectivity index (χ2n) is 4.07. The Morgan fingerprint density at radius 3 is 2.43 bits per heavy atom. The molecule has 1 aliphatic rings. The summed E-state index contributed by atoms with van der Waals surface area (Å²) < 4.78 is 0. The maximum atomic E-state index is 5.54. The number of piperazine rings is 1. The van der Waals surface area contributed by atoms with Gasteiger partial charge in [-0.3, -0.25) is 9.80 Å². The molecule has 0 saturated carbocycles. The van der Waals surface area contributed by atoms with Crippen molar-refractivity contribution in [1.82, 2.24) is 15.1 Å². The van der Waals surface area contributed by atoms with E-state index in [2.05, 4.69) is 22.0 Å². The van der Waals surface area contributed by atoms with Crippen molar-refractivity contribution in [2.24, 2.45) is 5.73 Å². The normalized spacial score (nSPS) is 22.5. The van der Waals surface area contributed by atoms with E-state index in [4.69, 9.17) is 5.73 Å². The van der Waals surface area contributed by atoms with Gasteiger partial charge in [-0.05, 0) is 14.0 Å². The van der Waals surface area contributed by atoms with Crippen molar-refractivity contribution in [2.75, 3.05) is 52.9 Å². The van der Waals surface area contributed by atoms with Crippen LogP contribution in [0.3, 0.4) is 0 Å². The minimum absolute atomic E-state index is 0.653. The first-order valence-electron chi connectivity index (χ1n) is 5.59. The maximum absolute atomic E-state index is 5.54. The molecule has 4 nitrogen and oxygen atoms in total. The summed E-state index contributed by atoms with van der Waals surface area (Å²) in [6.45, 7) is 9.91. The van der Waals surface area contributed by atoms with Gasteiger partial charge in [-0.15, -0.1) is 0 Å². The molecule has 1 fully saturated rings. The van der Waals surface area contributed by atoms with E-state index in [9.17, 15) is 0 Å². The van der Waals surface area contributed by atoms with Crippen LogP contribution in [0.4, 0.5) is 0 Å². The molecule has 84 valence electrons. The van der Waals surface area contributed by atoms with Crippen LogP contribution in [-0.4, -0.2) is 68.7 Å². The van der Waals surface area contributed by atoms with Gasteiger partial charge >= 0.3 is 0 Å². The molecule has 1 atom stereocenters. The van der Waals surface area contributed by atoms with Gasteiger partial charge in [-0.25, -0.2) is 0 Å². The number of nitrogens with zero attached hydrogens (tertiary/aromatic N) is 2. The topological polar surface area (TPSA) is 44.5 Å². The van der Waals surface area contributed by atoms with Crippen LogP contribution in [0.25, 0.3) is 0 Å². The molecule has 1 rings (SSSR count). The smallest absolute Gasteiger partial charge is 0.0193 e. The molecule has 14 heavy (non-hydrogen) atoms. The second-order valence-corrected chi connectivity index (χ2v) is 4.07. The molecule has 0 aromatic carbocycles. The maximum Gasteiger partial charge on any atom is 0.0193 e. The van der Waals surface area contributed by atoms with Gasteiger partial charge in [-0.2, -0.15) is 0 Å². The summed E-state index contributed by atoms with van der Waals surface area (Å²) >= 11 is 0. The number of nitrogens with one attached hydrogen (secondary N) is 1. The highest BCUT2D eigenvalue weighted by atomic mass is 15.3. The van der Waals surface area contributed by atoms with Crippen molar-refractivity contribution in [2.45, 2.75) is 13.0 Å². The van der Waals surface area contributed by atoms with Crippen LogP contribution in [0.1, 0.15) is 6.92 Å². The van der Waals surface area contributed by atoms with Crippen LogP contribution in [-0.2, 0) is 0 Å². The first kappa shape index (κ1) is 11.9. The quantitative estimate of drug-likeness (QED) is 0.608. The average Bonchev–Trinajstić information content (AvgIpc) is 2.20. The molecule has 0 aliphatic carbocycles. The van der Waals surface area contributed by atoms with Gasteiger partial charge in [0.05, 0.1) is 0 Å². The lowest BCUT2D eigenvalue weighted by Gasteiger charge is -2.37. The number of hydrogen-bond acceptors (Lipinski definition) is 4. The molecule has 0 spiro atoms. The highest BCUT2D eigenvalue weighted by Gasteiger charge is 2.19. The molecule has 1 unspecified atom stereocenters. The zero-order valence-corrected chi connectivity index (χ0v) is 9.50. The van der Waals surface area contributed by atoms with E-state index in [0.717, 1.165) is 19.6 Å². The van der Waals surface area contributed by atoms with Gasteiger partial charge in [0.2, 0.25) is 0 Å². The SMILES string of the molecule is CNCC(C)N1CCN(CCN)CC1. The van der Waals surface area contributed by atoms with E-state index >= 15 is 0 Å². The van der Waals surface area contributed by atoms with Crippen LogP contribution in [0.2, 0.25) is 0 Å². The summed E-state index contributed by atoms with van der Waals surface area (Å²) in [6, 6.07) is 0.653. The van der Waals surface area contributed by atoms with Crippen molar-refractivity contribution < 1.29 is 0 Å². The van der Waals surface area contributed by atoms with Crippen molar-refractivity contribution in [3.05, 3.63) is 0 Å². The van der Waals surface area contributed by atoms with Crippen LogP contribution in [0, 0.1) is 0 Å². The lowest BCUT2D eigenvalue weighted by atomic mass is 10.2. The molecule has 4 heteroatoms. The first-order valence-corrected chi connectivity index (χ1v) is 5.59. The number of hydrogen-bond donors (Lipinski definition) is 2. The summed E-state index contributed by atoms with van der Waals surface area (Å²) in [7, 11) is 2.02. The third kappa shape index (κ3) is 3.53. The Morgan fingerprint density at radius 2 is 1.93 bits per heavy atom. The summed E-state index contributed by atoms with van der Waals surface area (Å²) in [5.74, 6) is 0. The first-order chi connectivity index (χ1) is 6.77. The molecule has 1 aliphatic heterocycles. The van der Waals surface area contributed by atoms with Gasteiger partial charge < -0.3 is 11.1 Å². The van der Waals surface area contributed by atoms with E-state index in [-0.39, 0.29) is 0 Å². The average molecular weight is 200 g/mol. The fourth-order valence-corrected chi connectivity index (χ4v) is 2.03. The fourth-order valence-electron chi connectivity index (χ4n) is 2.03. The largest absolute Gasteiger partial charge is 0.329 e. The van der Waals surface area contributed by atoms with E-state index in [1.165, 1.54) is 26.2 Å². The lowest BCUT2D eigenvalue weighted by Crippen LogP contribution is -2.52. The van der Waals surface area contributed by atoms with Gasteiger partial charge in [-0.1, -0.05) is 0 Å². The van der Waals surface area contributed by atoms with Crippen LogP contribution in [0.5, 0.6) is 0 Å². The van der Waals surface area contributed by atoms with Crippen molar-refractivity contribution in [3.8, 4) is 0 Å². The second kappa shape index (κ2) is 6.35. The molecule has 0 aromatic rings. The predicted molar refractivity (Wildman–Crippen MR) is 60.5 cm³/mol. The van der Waals surface area contributed by atoms with Crippen LogP contribution < -0.4 is 11.1 Å². The van der Waals surface area contributed by atoms with E-state index < -0.39 is 0 Å². The van der Waals surface area contributed by atoms with E-state index in [1.54, 1.807) is 0 Å². The Morgan fingerprint density at radius 1 is 1.29 bits per heavy atom. The zero-order valence-electron chi connectivity index (χ0n) is 9.50. The van der Waals surface area contributed by atoms with Crippen molar-refractivity contribution in [3.63, 3.8) is 0 Å². The molecule has 1 heterocycles. The molecule has 1 saturated heterocycles. The van der Waals surface area contributed by atoms with Crippen molar-refractivity contribution in [1.29, 1.82) is 0 Å². The summed E-state index contributed by atoms with van der Waals surface area (Å²) in [5.41, 5.74) is 5.54. The zero-order chi connectivity index (χ0) is 10.4. The Labute approximate surface area is 87.4 Å². The Bertz CT molecular complexity index is 143. The minimum Gasteiger partial charge on any atom is -0.329 e. The van der Waals surface area contributed by atoms with E-state index in [1.807, 2.05) is 7.05 Å². The molecule has 0 amide bonds. The minimum atomic E-state index is 0.653. The third-order valence-corrected chi connectivity index (χ3v) is 2.98. The number of nitrogens with two attached hydrogens (primary N) is 1. The number of likely N-dealkylation sites (N-methyl/N-ethyl adjacent to an activating group) is 1. The highest BCUT2D eigenvalue weighted by molar-refractivity contribution is 4.77. The summed E-state index contributed by atoms with van der Waals surface area (Å²) in [6.07, 6.45) is 0. The molecule has 0 bridgehead atoms. The Balaban J connectivity index is 2.21.